The number of benzene rings is 1. The van der Waals surface area contributed by atoms with Gasteiger partial charge in [-0.3, -0.25) is 4.79 Å². The highest BCUT2D eigenvalue weighted by Crippen LogP contribution is 2.39. The number of ether oxygens (including phenoxy) is 3. The fraction of sp³-hybridized carbons (Fsp3) is 0.414. The molecule has 3 N–H and O–H groups in total. The fourth-order valence-electron chi connectivity index (χ4n) is 3.85. The third-order valence-electron chi connectivity index (χ3n) is 6.03. The largest absolute Gasteiger partial charge is 0.489 e. The Balaban J connectivity index is 1.64. The topological polar surface area (TPSA) is 149 Å². The lowest BCUT2D eigenvalue weighted by Crippen LogP contribution is -2.34. The lowest BCUT2D eigenvalue weighted by atomic mass is 10.2. The number of carboxylic acid groups (broad SMARTS) is 1. The standard InChI is InChI=1S/C29H32F2N4O7S/c1-15(33-28(39)42-29(2,3)4)23-22(24(36)32-13-18-6-5-7-19(34-18)26(37)38)35-25(43-23)17-10-11-20(41-27(30)31)21(12-17)40-14-16-8-9-16/h5-7,10-12,15-16,27H,8-9,13-14H2,1-4H3,(H,32,36)(H,33,39)(H,37,38). The van der Waals surface area contributed by atoms with E-state index in [-0.39, 0.29) is 29.4 Å². The molecular formula is C29H32F2N4O7S. The maximum absolute atomic E-state index is 13.4. The molecule has 43 heavy (non-hydrogen) atoms. The van der Waals surface area contributed by atoms with Gasteiger partial charge in [0.05, 0.1) is 29.8 Å². The third kappa shape index (κ3) is 9.08. The smallest absolute Gasteiger partial charge is 0.408 e. The summed E-state index contributed by atoms with van der Waals surface area (Å²) in [4.78, 5) is 46.1. The van der Waals surface area contributed by atoms with E-state index >= 15 is 0 Å². The highest BCUT2D eigenvalue weighted by atomic mass is 32.1. The molecule has 1 aromatic carbocycles. The number of carboxylic acids is 1. The van der Waals surface area contributed by atoms with E-state index in [4.69, 9.17) is 9.47 Å². The third-order valence-corrected chi connectivity index (χ3v) is 7.32. The van der Waals surface area contributed by atoms with E-state index in [0.29, 0.717) is 33.7 Å². The van der Waals surface area contributed by atoms with Crippen molar-refractivity contribution in [2.45, 2.75) is 65.3 Å². The summed E-state index contributed by atoms with van der Waals surface area (Å²) < 4.78 is 41.8. The Kier molecular flexibility index (Phi) is 9.79. The van der Waals surface area contributed by atoms with Crippen LogP contribution in [0.5, 0.6) is 11.5 Å². The molecule has 1 unspecified atom stereocenters. The summed E-state index contributed by atoms with van der Waals surface area (Å²) in [6.45, 7) is 4.06. The van der Waals surface area contributed by atoms with Gasteiger partial charge in [0.15, 0.2) is 11.5 Å². The van der Waals surface area contributed by atoms with Gasteiger partial charge in [0.2, 0.25) is 0 Å². The van der Waals surface area contributed by atoms with Gasteiger partial charge in [0, 0.05) is 5.56 Å². The van der Waals surface area contributed by atoms with Crippen molar-refractivity contribution in [1.82, 2.24) is 20.6 Å². The second-order valence-corrected chi connectivity index (χ2v) is 11.9. The number of nitrogens with zero attached hydrogens (tertiary/aromatic N) is 2. The van der Waals surface area contributed by atoms with Crippen LogP contribution in [-0.4, -0.2) is 51.9 Å². The molecule has 2 heterocycles. The first-order chi connectivity index (χ1) is 20.3. The van der Waals surface area contributed by atoms with E-state index in [1.54, 1.807) is 33.8 Å². The van der Waals surface area contributed by atoms with Crippen molar-refractivity contribution < 1.29 is 42.5 Å². The van der Waals surface area contributed by atoms with Crippen molar-refractivity contribution in [3.8, 4) is 22.1 Å². The van der Waals surface area contributed by atoms with Crippen molar-refractivity contribution in [2.24, 2.45) is 5.92 Å². The molecule has 1 aliphatic carbocycles. The van der Waals surface area contributed by atoms with Crippen molar-refractivity contribution in [3.05, 3.63) is 58.4 Å². The van der Waals surface area contributed by atoms with Gasteiger partial charge in [0.25, 0.3) is 5.91 Å². The summed E-state index contributed by atoms with van der Waals surface area (Å²) in [7, 11) is 0. The minimum atomic E-state index is -3.04. The molecule has 0 bridgehead atoms. The van der Waals surface area contributed by atoms with Crippen molar-refractivity contribution in [2.75, 3.05) is 6.61 Å². The zero-order valence-electron chi connectivity index (χ0n) is 24.0. The highest BCUT2D eigenvalue weighted by Gasteiger charge is 2.27. The summed E-state index contributed by atoms with van der Waals surface area (Å²) in [6.07, 6.45) is 1.30. The van der Waals surface area contributed by atoms with E-state index in [0.717, 1.165) is 24.2 Å². The van der Waals surface area contributed by atoms with Gasteiger partial charge in [-0.1, -0.05) is 6.07 Å². The maximum Gasteiger partial charge on any atom is 0.408 e. The summed E-state index contributed by atoms with van der Waals surface area (Å²) in [5, 5.41) is 15.0. The molecule has 1 fully saturated rings. The van der Waals surface area contributed by atoms with Crippen molar-refractivity contribution in [1.29, 1.82) is 0 Å². The second-order valence-electron chi connectivity index (χ2n) is 10.9. The highest BCUT2D eigenvalue weighted by molar-refractivity contribution is 7.15. The maximum atomic E-state index is 13.4. The van der Waals surface area contributed by atoms with Gasteiger partial charge in [-0.05, 0) is 76.8 Å². The number of carbonyl (C=O) groups is 3. The Bertz CT molecular complexity index is 1490. The number of nitrogens with one attached hydrogen (secondary N) is 2. The molecule has 1 aliphatic rings. The first-order valence-corrected chi connectivity index (χ1v) is 14.3. The second kappa shape index (κ2) is 13.3. The fourth-order valence-corrected chi connectivity index (χ4v) is 4.91. The van der Waals surface area contributed by atoms with Crippen LogP contribution in [0.15, 0.2) is 36.4 Å². The van der Waals surface area contributed by atoms with E-state index in [2.05, 4.69) is 25.3 Å². The number of aromatic carboxylic acids is 1. The number of carbonyl (C=O) groups excluding carboxylic acids is 2. The van der Waals surface area contributed by atoms with Crippen LogP contribution in [0.3, 0.4) is 0 Å². The van der Waals surface area contributed by atoms with Crippen LogP contribution in [0.4, 0.5) is 13.6 Å². The number of rotatable bonds is 12. The average molecular weight is 619 g/mol. The van der Waals surface area contributed by atoms with Crippen LogP contribution in [0.25, 0.3) is 10.6 Å². The zero-order chi connectivity index (χ0) is 31.3. The molecule has 0 spiro atoms. The monoisotopic (exact) mass is 618 g/mol. The van der Waals surface area contributed by atoms with Crippen LogP contribution in [0.1, 0.15) is 78.1 Å². The van der Waals surface area contributed by atoms with Crippen LogP contribution in [0.2, 0.25) is 0 Å². The van der Waals surface area contributed by atoms with Gasteiger partial charge in [0.1, 0.15) is 22.0 Å². The first kappa shape index (κ1) is 31.6. The Morgan fingerprint density at radius 2 is 1.86 bits per heavy atom. The Labute approximate surface area is 250 Å². The predicted molar refractivity (Wildman–Crippen MR) is 153 cm³/mol. The predicted octanol–water partition coefficient (Wildman–Crippen LogP) is 5.81. The molecule has 3 aromatic rings. The molecule has 2 aromatic heterocycles. The molecular weight excluding hydrogens is 586 g/mol. The van der Waals surface area contributed by atoms with E-state index < -0.39 is 36.2 Å². The number of aromatic nitrogens is 2. The molecule has 2 amide bonds. The molecule has 4 rings (SSSR count). The summed E-state index contributed by atoms with van der Waals surface area (Å²) in [5.74, 6) is -1.44. The molecule has 14 heteroatoms. The van der Waals surface area contributed by atoms with Gasteiger partial charge in [-0.25, -0.2) is 19.6 Å². The zero-order valence-corrected chi connectivity index (χ0v) is 24.8. The number of pyridine rings is 1. The number of halogens is 2. The Hall–Kier alpha value is -4.33. The summed E-state index contributed by atoms with van der Waals surface area (Å²) in [5.41, 5.74) is -0.113. The number of amides is 2. The average Bonchev–Trinajstić information content (AvgIpc) is 3.65. The van der Waals surface area contributed by atoms with Crippen molar-refractivity contribution >= 4 is 29.3 Å². The summed E-state index contributed by atoms with van der Waals surface area (Å²) >= 11 is 1.12. The summed E-state index contributed by atoms with van der Waals surface area (Å²) in [6, 6.07) is 8.12. The number of alkyl carbamates (subject to hydrolysis) is 1. The lowest BCUT2D eigenvalue weighted by molar-refractivity contribution is -0.0515. The first-order valence-electron chi connectivity index (χ1n) is 13.5. The Morgan fingerprint density at radius 3 is 2.51 bits per heavy atom. The SMILES string of the molecule is CC(NC(=O)OC(C)(C)C)c1sc(-c2ccc(OC(F)F)c(OCC3CC3)c2)nc1C(=O)NCc1cccc(C(=O)O)n1. The number of hydrogen-bond donors (Lipinski definition) is 3. The number of alkyl halides is 2. The molecule has 1 atom stereocenters. The lowest BCUT2D eigenvalue weighted by Gasteiger charge is -2.21. The quantitative estimate of drug-likeness (QED) is 0.229. The molecule has 1 saturated carbocycles. The van der Waals surface area contributed by atoms with Crippen LogP contribution in [-0.2, 0) is 11.3 Å². The molecule has 11 nitrogen and oxygen atoms in total. The van der Waals surface area contributed by atoms with Gasteiger partial charge >= 0.3 is 18.7 Å². The Morgan fingerprint density at radius 1 is 1.12 bits per heavy atom. The van der Waals surface area contributed by atoms with Gasteiger partial charge < -0.3 is 30.0 Å². The van der Waals surface area contributed by atoms with Crippen LogP contribution in [0, 0.1) is 5.92 Å². The molecule has 0 saturated heterocycles. The van der Waals surface area contributed by atoms with Crippen molar-refractivity contribution in [3.63, 3.8) is 0 Å². The molecule has 0 radical (unpaired) electrons. The van der Waals surface area contributed by atoms with Gasteiger partial charge in [-0.15, -0.1) is 11.3 Å². The molecule has 230 valence electrons. The minimum absolute atomic E-state index is 0.00584. The minimum Gasteiger partial charge on any atom is -0.489 e. The van der Waals surface area contributed by atoms with Crippen LogP contribution >= 0.6 is 11.3 Å². The van der Waals surface area contributed by atoms with E-state index in [9.17, 15) is 28.3 Å². The van der Waals surface area contributed by atoms with Crippen LogP contribution < -0.4 is 20.1 Å². The number of thiazole rings is 1. The number of hydrogen-bond acceptors (Lipinski definition) is 9. The van der Waals surface area contributed by atoms with E-state index in [1.807, 2.05) is 0 Å². The normalized spacial score (nSPS) is 13.7. The van der Waals surface area contributed by atoms with E-state index in [1.165, 1.54) is 30.3 Å². The molecule has 0 aliphatic heterocycles. The van der Waals surface area contributed by atoms with Gasteiger partial charge in [-0.2, -0.15) is 8.78 Å².